The van der Waals surface area contributed by atoms with Gasteiger partial charge in [-0.2, -0.15) is 0 Å². The zero-order chi connectivity index (χ0) is 19.1. The Morgan fingerprint density at radius 1 is 1.00 bits per heavy atom. The molecule has 2 amide bonds. The lowest BCUT2D eigenvalue weighted by atomic mass is 10.0. The topological polar surface area (TPSA) is 49.4 Å². The fourth-order valence-corrected chi connectivity index (χ4v) is 3.08. The second-order valence-corrected chi connectivity index (χ2v) is 6.71. The quantitative estimate of drug-likeness (QED) is 0.830. The number of aryl methyl sites for hydroxylation is 2. The molecule has 0 aliphatic heterocycles. The second kappa shape index (κ2) is 9.18. The first-order valence-electron chi connectivity index (χ1n) is 9.06. The summed E-state index contributed by atoms with van der Waals surface area (Å²) >= 11 is 0. The zero-order valence-electron chi connectivity index (χ0n) is 16.1. The molecular weight excluding hydrogens is 324 g/mol. The fourth-order valence-electron chi connectivity index (χ4n) is 3.08. The molecule has 0 aliphatic carbocycles. The van der Waals surface area contributed by atoms with E-state index < -0.39 is 6.04 Å². The van der Waals surface area contributed by atoms with Crippen LogP contribution in [0.2, 0.25) is 0 Å². The van der Waals surface area contributed by atoms with Gasteiger partial charge in [0.15, 0.2) is 0 Å². The van der Waals surface area contributed by atoms with Crippen molar-refractivity contribution in [2.24, 2.45) is 0 Å². The van der Waals surface area contributed by atoms with Crippen LogP contribution in [-0.4, -0.2) is 29.8 Å². The number of hydrogen-bond acceptors (Lipinski definition) is 2. The van der Waals surface area contributed by atoms with E-state index >= 15 is 0 Å². The Hall–Kier alpha value is -2.62. The number of hydrogen-bond donors (Lipinski definition) is 1. The lowest BCUT2D eigenvalue weighted by Crippen LogP contribution is -2.48. The molecule has 0 unspecified atom stereocenters. The molecule has 0 saturated carbocycles. The Bertz CT molecular complexity index is 753. The fraction of sp³-hybridized carbons (Fsp3) is 0.364. The van der Waals surface area contributed by atoms with Crippen LogP contribution in [0.5, 0.6) is 0 Å². The maximum absolute atomic E-state index is 13.1. The average Bonchev–Trinajstić information content (AvgIpc) is 2.63. The highest BCUT2D eigenvalue weighted by Gasteiger charge is 2.27. The van der Waals surface area contributed by atoms with Crippen LogP contribution in [0.4, 0.5) is 0 Å². The van der Waals surface area contributed by atoms with Crippen LogP contribution >= 0.6 is 0 Å². The molecule has 2 aromatic carbocycles. The number of benzene rings is 2. The van der Waals surface area contributed by atoms with Gasteiger partial charge in [0.05, 0.1) is 6.42 Å². The average molecular weight is 352 g/mol. The SMILES string of the molecule is CC[C@@H](C(=O)NC)N(Cc1cccc(C)c1)C(=O)Cc1ccc(C)cc1. The summed E-state index contributed by atoms with van der Waals surface area (Å²) in [6, 6.07) is 15.5. The molecule has 4 nitrogen and oxygen atoms in total. The van der Waals surface area contributed by atoms with Gasteiger partial charge in [0.2, 0.25) is 11.8 Å². The van der Waals surface area contributed by atoms with Crippen LogP contribution in [0, 0.1) is 13.8 Å². The molecule has 2 aromatic rings. The van der Waals surface area contributed by atoms with E-state index in [2.05, 4.69) is 11.4 Å². The van der Waals surface area contributed by atoms with Crippen LogP contribution in [0.25, 0.3) is 0 Å². The Balaban J connectivity index is 2.27. The minimum absolute atomic E-state index is 0.0363. The number of carbonyl (C=O) groups excluding carboxylic acids is 2. The molecule has 0 aromatic heterocycles. The summed E-state index contributed by atoms with van der Waals surface area (Å²) < 4.78 is 0. The highest BCUT2D eigenvalue weighted by Crippen LogP contribution is 2.16. The van der Waals surface area contributed by atoms with Crippen molar-refractivity contribution in [2.75, 3.05) is 7.05 Å². The molecule has 0 aliphatic rings. The van der Waals surface area contributed by atoms with Crippen LogP contribution in [-0.2, 0) is 22.6 Å². The number of nitrogens with zero attached hydrogens (tertiary/aromatic N) is 1. The third-order valence-electron chi connectivity index (χ3n) is 4.54. The standard InChI is InChI=1S/C22H28N2O2/c1-5-20(22(26)23-4)24(15-19-8-6-7-17(3)13-19)21(25)14-18-11-9-16(2)10-12-18/h6-13,20H,5,14-15H2,1-4H3,(H,23,26)/t20-/m0/s1. The molecular formula is C22H28N2O2. The summed E-state index contributed by atoms with van der Waals surface area (Å²) in [4.78, 5) is 27.1. The van der Waals surface area contributed by atoms with Crippen LogP contribution < -0.4 is 5.32 Å². The van der Waals surface area contributed by atoms with Crippen molar-refractivity contribution in [2.45, 2.75) is 46.2 Å². The lowest BCUT2D eigenvalue weighted by molar-refractivity contribution is -0.140. The van der Waals surface area contributed by atoms with Crippen molar-refractivity contribution in [1.29, 1.82) is 0 Å². The molecule has 0 heterocycles. The van der Waals surface area contributed by atoms with E-state index in [1.807, 2.05) is 63.2 Å². The minimum Gasteiger partial charge on any atom is -0.357 e. The molecule has 0 radical (unpaired) electrons. The van der Waals surface area contributed by atoms with Crippen molar-refractivity contribution in [3.05, 3.63) is 70.8 Å². The first-order chi connectivity index (χ1) is 12.4. The Labute approximate surface area is 156 Å². The van der Waals surface area contributed by atoms with Gasteiger partial charge in [-0.25, -0.2) is 0 Å². The Morgan fingerprint density at radius 2 is 1.69 bits per heavy atom. The van der Waals surface area contributed by atoms with Crippen molar-refractivity contribution >= 4 is 11.8 Å². The number of amides is 2. The van der Waals surface area contributed by atoms with Gasteiger partial charge in [-0.15, -0.1) is 0 Å². The highest BCUT2D eigenvalue weighted by molar-refractivity contribution is 5.88. The van der Waals surface area contributed by atoms with Gasteiger partial charge in [0.25, 0.3) is 0 Å². The van der Waals surface area contributed by atoms with Gasteiger partial charge in [-0.05, 0) is 31.4 Å². The van der Waals surface area contributed by atoms with E-state index in [-0.39, 0.29) is 11.8 Å². The number of nitrogens with one attached hydrogen (secondary N) is 1. The highest BCUT2D eigenvalue weighted by atomic mass is 16.2. The van der Waals surface area contributed by atoms with Gasteiger partial charge in [0.1, 0.15) is 6.04 Å². The summed E-state index contributed by atoms with van der Waals surface area (Å²) in [7, 11) is 1.61. The summed E-state index contributed by atoms with van der Waals surface area (Å²) in [5.41, 5.74) is 4.29. The van der Waals surface area contributed by atoms with E-state index in [0.29, 0.717) is 19.4 Å². The zero-order valence-corrected chi connectivity index (χ0v) is 16.1. The van der Waals surface area contributed by atoms with Crippen LogP contribution in [0.1, 0.15) is 35.6 Å². The smallest absolute Gasteiger partial charge is 0.242 e. The summed E-state index contributed by atoms with van der Waals surface area (Å²) in [6.45, 7) is 6.41. The first kappa shape index (κ1) is 19.7. The molecule has 138 valence electrons. The largest absolute Gasteiger partial charge is 0.357 e. The second-order valence-electron chi connectivity index (χ2n) is 6.71. The molecule has 0 bridgehead atoms. The third kappa shape index (κ3) is 5.19. The van der Waals surface area contributed by atoms with E-state index in [1.165, 1.54) is 0 Å². The van der Waals surface area contributed by atoms with Crippen molar-refractivity contribution < 1.29 is 9.59 Å². The first-order valence-corrected chi connectivity index (χ1v) is 9.06. The summed E-state index contributed by atoms with van der Waals surface area (Å²) in [5, 5.41) is 2.69. The number of carbonyl (C=O) groups is 2. The van der Waals surface area contributed by atoms with Crippen LogP contribution in [0.3, 0.4) is 0 Å². The number of rotatable bonds is 7. The van der Waals surface area contributed by atoms with Gasteiger partial charge in [0, 0.05) is 13.6 Å². The lowest BCUT2D eigenvalue weighted by Gasteiger charge is -2.30. The summed E-state index contributed by atoms with van der Waals surface area (Å²) in [5.74, 6) is -0.164. The van der Waals surface area contributed by atoms with Crippen LogP contribution in [0.15, 0.2) is 48.5 Å². The molecule has 2 rings (SSSR count). The minimum atomic E-state index is -0.474. The molecule has 26 heavy (non-hydrogen) atoms. The Morgan fingerprint density at radius 3 is 2.27 bits per heavy atom. The van der Waals surface area contributed by atoms with E-state index in [1.54, 1.807) is 11.9 Å². The molecule has 0 saturated heterocycles. The maximum Gasteiger partial charge on any atom is 0.242 e. The van der Waals surface area contributed by atoms with Gasteiger partial charge < -0.3 is 10.2 Å². The maximum atomic E-state index is 13.1. The van der Waals surface area contributed by atoms with E-state index in [4.69, 9.17) is 0 Å². The predicted molar refractivity (Wildman–Crippen MR) is 105 cm³/mol. The Kier molecular flexibility index (Phi) is 6.96. The van der Waals surface area contributed by atoms with E-state index in [0.717, 1.165) is 22.3 Å². The van der Waals surface area contributed by atoms with Crippen molar-refractivity contribution in [3.8, 4) is 0 Å². The third-order valence-corrected chi connectivity index (χ3v) is 4.54. The van der Waals surface area contributed by atoms with Crippen molar-refractivity contribution in [3.63, 3.8) is 0 Å². The normalized spacial score (nSPS) is 11.7. The van der Waals surface area contributed by atoms with E-state index in [9.17, 15) is 9.59 Å². The van der Waals surface area contributed by atoms with Gasteiger partial charge in [-0.1, -0.05) is 66.6 Å². The molecule has 1 atom stereocenters. The molecule has 0 fully saturated rings. The molecule has 1 N–H and O–H groups in total. The monoisotopic (exact) mass is 352 g/mol. The predicted octanol–water partition coefficient (Wildman–Crippen LogP) is 3.40. The van der Waals surface area contributed by atoms with Gasteiger partial charge in [-0.3, -0.25) is 9.59 Å². The van der Waals surface area contributed by atoms with Crippen molar-refractivity contribution in [1.82, 2.24) is 10.2 Å². The molecule has 4 heteroatoms. The summed E-state index contributed by atoms with van der Waals surface area (Å²) in [6.07, 6.45) is 0.866. The van der Waals surface area contributed by atoms with Gasteiger partial charge >= 0.3 is 0 Å². The molecule has 0 spiro atoms. The number of likely N-dealkylation sites (N-methyl/N-ethyl adjacent to an activating group) is 1.